The number of rotatable bonds is 3. The van der Waals surface area contributed by atoms with Crippen LogP contribution in [0.5, 0.6) is 0 Å². The first-order valence-electron chi connectivity index (χ1n) is 6.34. The number of likely N-dealkylation sites (N-methyl/N-ethyl adjacent to an activating group) is 1. The average Bonchev–Trinajstić information content (AvgIpc) is 2.12. The van der Waals surface area contributed by atoms with Gasteiger partial charge in [-0.05, 0) is 48.6 Å². The Morgan fingerprint density at radius 1 is 0.947 bits per heavy atom. The van der Waals surface area contributed by atoms with Crippen LogP contribution in [0.25, 0.3) is 0 Å². The molecule has 0 aromatic carbocycles. The third-order valence-electron chi connectivity index (χ3n) is 1.81. The molecule has 112 valence electrons. The number of amides is 2. The normalized spacial score (nSPS) is 11.9. The summed E-state index contributed by atoms with van der Waals surface area (Å²) in [5.74, 6) is 0. The maximum absolute atomic E-state index is 12.0. The smallest absolute Gasteiger partial charge is 0.419 e. The van der Waals surface area contributed by atoms with Crippen LogP contribution in [0.1, 0.15) is 41.5 Å². The number of hydrogen-bond donors (Lipinski definition) is 1. The van der Waals surface area contributed by atoms with E-state index in [1.165, 1.54) is 0 Å². The predicted octanol–water partition coefficient (Wildman–Crippen LogP) is 2.38. The number of hydrogen-bond acceptors (Lipinski definition) is 5. The van der Waals surface area contributed by atoms with Crippen LogP contribution < -0.4 is 5.32 Å². The van der Waals surface area contributed by atoms with E-state index in [2.05, 4.69) is 5.32 Å². The summed E-state index contributed by atoms with van der Waals surface area (Å²) in [7, 11) is 1.74. The molecule has 0 aliphatic carbocycles. The fourth-order valence-electron chi connectivity index (χ4n) is 1.11. The Hall–Kier alpha value is -1.30. The van der Waals surface area contributed by atoms with E-state index in [-0.39, 0.29) is 6.54 Å². The molecule has 0 heterocycles. The summed E-state index contributed by atoms with van der Waals surface area (Å²) >= 11 is 0. The highest BCUT2D eigenvalue weighted by Gasteiger charge is 2.30. The zero-order valence-corrected chi connectivity index (χ0v) is 13.0. The van der Waals surface area contributed by atoms with Gasteiger partial charge < -0.3 is 14.8 Å². The molecule has 0 atom stereocenters. The van der Waals surface area contributed by atoms with Gasteiger partial charge in [0.15, 0.2) is 0 Å². The van der Waals surface area contributed by atoms with E-state index < -0.39 is 23.4 Å². The molecule has 0 aromatic rings. The molecule has 0 radical (unpaired) electrons. The third-order valence-corrected chi connectivity index (χ3v) is 1.81. The summed E-state index contributed by atoms with van der Waals surface area (Å²) < 4.78 is 10.4. The Morgan fingerprint density at radius 2 is 1.32 bits per heavy atom. The monoisotopic (exact) mass is 274 g/mol. The Kier molecular flexibility index (Phi) is 6.29. The predicted molar refractivity (Wildman–Crippen MR) is 73.1 cm³/mol. The minimum absolute atomic E-state index is 0.195. The Bertz CT molecular complexity index is 288. The van der Waals surface area contributed by atoms with Gasteiger partial charge in [0.1, 0.15) is 11.2 Å². The van der Waals surface area contributed by atoms with Crippen molar-refractivity contribution in [2.45, 2.75) is 52.7 Å². The molecule has 0 aliphatic rings. The SMILES string of the molecule is CNCCN(C(=O)OC(C)(C)C)C(=O)OC(C)(C)C. The van der Waals surface area contributed by atoms with Gasteiger partial charge in [0.25, 0.3) is 0 Å². The van der Waals surface area contributed by atoms with Gasteiger partial charge in [0.05, 0.1) is 0 Å². The minimum atomic E-state index is -0.697. The van der Waals surface area contributed by atoms with Crippen molar-refractivity contribution in [3.8, 4) is 0 Å². The summed E-state index contributed by atoms with van der Waals surface area (Å²) in [6.07, 6.45) is -1.39. The molecule has 19 heavy (non-hydrogen) atoms. The van der Waals surface area contributed by atoms with E-state index in [0.29, 0.717) is 6.54 Å². The quantitative estimate of drug-likeness (QED) is 0.855. The molecular formula is C13H26N2O4. The van der Waals surface area contributed by atoms with Gasteiger partial charge in [-0.15, -0.1) is 0 Å². The number of nitrogens with one attached hydrogen (secondary N) is 1. The second kappa shape index (κ2) is 6.75. The number of ether oxygens (including phenoxy) is 2. The molecule has 0 unspecified atom stereocenters. The third kappa shape index (κ3) is 8.42. The first kappa shape index (κ1) is 17.7. The van der Waals surface area contributed by atoms with E-state index in [9.17, 15) is 9.59 Å². The van der Waals surface area contributed by atoms with Crippen LogP contribution in [-0.4, -0.2) is 48.4 Å². The summed E-state index contributed by atoms with van der Waals surface area (Å²) in [6.45, 7) is 11.1. The van der Waals surface area contributed by atoms with Gasteiger partial charge in [-0.1, -0.05) is 0 Å². The highest BCUT2D eigenvalue weighted by atomic mass is 16.6. The van der Waals surface area contributed by atoms with Gasteiger partial charge in [0.2, 0.25) is 0 Å². The van der Waals surface area contributed by atoms with Crippen molar-refractivity contribution < 1.29 is 19.1 Å². The van der Waals surface area contributed by atoms with E-state index in [1.807, 2.05) is 0 Å². The van der Waals surface area contributed by atoms with Crippen LogP contribution in [0.2, 0.25) is 0 Å². The van der Waals surface area contributed by atoms with Crippen molar-refractivity contribution in [3.63, 3.8) is 0 Å². The van der Waals surface area contributed by atoms with Crippen LogP contribution in [-0.2, 0) is 9.47 Å². The largest absolute Gasteiger partial charge is 0.443 e. The molecule has 0 saturated carbocycles. The fraction of sp³-hybridized carbons (Fsp3) is 0.846. The van der Waals surface area contributed by atoms with Gasteiger partial charge >= 0.3 is 12.2 Å². The molecule has 0 aromatic heterocycles. The molecule has 0 rings (SSSR count). The topological polar surface area (TPSA) is 67.9 Å². The van der Waals surface area contributed by atoms with E-state index in [4.69, 9.17) is 9.47 Å². The summed E-state index contributed by atoms with van der Waals surface area (Å²) in [4.78, 5) is 24.9. The maximum Gasteiger partial charge on any atom is 0.419 e. The highest BCUT2D eigenvalue weighted by Crippen LogP contribution is 2.14. The zero-order chi connectivity index (χ0) is 15.3. The van der Waals surface area contributed by atoms with Crippen LogP contribution >= 0.6 is 0 Å². The van der Waals surface area contributed by atoms with Crippen LogP contribution in [0.4, 0.5) is 9.59 Å². The van der Waals surface area contributed by atoms with Crippen molar-refractivity contribution in [3.05, 3.63) is 0 Å². The number of carbonyl (C=O) groups is 2. The number of carbonyl (C=O) groups excluding carboxylic acids is 2. The van der Waals surface area contributed by atoms with Crippen LogP contribution in [0.15, 0.2) is 0 Å². The Labute approximate surface area is 115 Å². The molecule has 1 N–H and O–H groups in total. The second-order valence-electron chi connectivity index (χ2n) is 6.22. The van der Waals surface area contributed by atoms with E-state index in [0.717, 1.165) is 4.90 Å². The lowest BCUT2D eigenvalue weighted by molar-refractivity contribution is 0.00180. The Morgan fingerprint density at radius 3 is 1.58 bits per heavy atom. The van der Waals surface area contributed by atoms with Crippen molar-refractivity contribution >= 4 is 12.2 Å². The summed E-state index contributed by atoms with van der Waals surface area (Å²) in [6, 6.07) is 0. The van der Waals surface area contributed by atoms with Crippen molar-refractivity contribution in [1.29, 1.82) is 0 Å². The fourth-order valence-corrected chi connectivity index (χ4v) is 1.11. The lowest BCUT2D eigenvalue weighted by atomic mass is 10.2. The van der Waals surface area contributed by atoms with Crippen molar-refractivity contribution in [2.75, 3.05) is 20.1 Å². The molecule has 0 bridgehead atoms. The van der Waals surface area contributed by atoms with Gasteiger partial charge in [-0.2, -0.15) is 0 Å². The van der Waals surface area contributed by atoms with Crippen LogP contribution in [0, 0.1) is 0 Å². The molecule has 6 nitrogen and oxygen atoms in total. The van der Waals surface area contributed by atoms with E-state index in [1.54, 1.807) is 48.6 Å². The molecule has 0 aliphatic heterocycles. The Balaban J connectivity index is 4.80. The number of imide groups is 1. The summed E-state index contributed by atoms with van der Waals surface area (Å²) in [5.41, 5.74) is -1.31. The molecule has 6 heteroatoms. The first-order valence-corrected chi connectivity index (χ1v) is 6.34. The second-order valence-corrected chi connectivity index (χ2v) is 6.22. The van der Waals surface area contributed by atoms with E-state index >= 15 is 0 Å². The van der Waals surface area contributed by atoms with Crippen LogP contribution in [0.3, 0.4) is 0 Å². The standard InChI is InChI=1S/C13H26N2O4/c1-12(2,3)18-10(16)15(9-8-14-7)11(17)19-13(4,5)6/h14H,8-9H2,1-7H3. The van der Waals surface area contributed by atoms with Crippen molar-refractivity contribution in [2.24, 2.45) is 0 Å². The van der Waals surface area contributed by atoms with Crippen molar-refractivity contribution in [1.82, 2.24) is 10.2 Å². The van der Waals surface area contributed by atoms with Gasteiger partial charge in [-0.3, -0.25) is 0 Å². The highest BCUT2D eigenvalue weighted by molar-refractivity contribution is 5.88. The summed E-state index contributed by atoms with van der Waals surface area (Å²) in [5, 5.41) is 2.88. The lowest BCUT2D eigenvalue weighted by Gasteiger charge is -2.28. The van der Waals surface area contributed by atoms with Gasteiger partial charge in [0, 0.05) is 13.1 Å². The van der Waals surface area contributed by atoms with Gasteiger partial charge in [-0.25, -0.2) is 14.5 Å². The minimum Gasteiger partial charge on any atom is -0.443 e. The lowest BCUT2D eigenvalue weighted by Crippen LogP contribution is -2.45. The number of nitrogens with zero attached hydrogens (tertiary/aromatic N) is 1. The molecular weight excluding hydrogens is 248 g/mol. The first-order chi connectivity index (χ1) is 8.46. The molecule has 0 saturated heterocycles. The molecule has 0 fully saturated rings. The molecule has 0 spiro atoms. The zero-order valence-electron chi connectivity index (χ0n) is 13.0. The average molecular weight is 274 g/mol. The maximum atomic E-state index is 12.0. The molecule has 2 amide bonds.